The number of carbonyl (C=O) groups excluding carboxylic acids is 1. The van der Waals surface area contributed by atoms with Crippen LogP contribution in [-0.2, 0) is 6.42 Å². The Hall–Kier alpha value is -2.21. The Kier molecular flexibility index (Phi) is 4.66. The molecule has 6 heteroatoms. The molecule has 3 rings (SSSR count). The van der Waals surface area contributed by atoms with Gasteiger partial charge in [-0.25, -0.2) is 4.98 Å². The molecule has 0 saturated heterocycles. The van der Waals surface area contributed by atoms with Crippen LogP contribution in [0.25, 0.3) is 10.2 Å². The van der Waals surface area contributed by atoms with Crippen molar-refractivity contribution < 1.29 is 4.79 Å². The van der Waals surface area contributed by atoms with Gasteiger partial charge < -0.3 is 4.90 Å². The first-order chi connectivity index (χ1) is 11.5. The van der Waals surface area contributed by atoms with E-state index in [1.165, 1.54) is 5.56 Å². The molecule has 0 radical (unpaired) electrons. The van der Waals surface area contributed by atoms with Crippen molar-refractivity contribution >= 4 is 27.5 Å². The zero-order valence-corrected chi connectivity index (χ0v) is 15.3. The normalized spacial score (nSPS) is 11.2. The van der Waals surface area contributed by atoms with Crippen molar-refractivity contribution in [2.45, 2.75) is 33.6 Å². The van der Waals surface area contributed by atoms with E-state index in [2.05, 4.69) is 15.2 Å². The highest BCUT2D eigenvalue weighted by Gasteiger charge is 2.14. The van der Waals surface area contributed by atoms with E-state index in [-0.39, 0.29) is 5.91 Å². The van der Waals surface area contributed by atoms with Gasteiger partial charge in [0.05, 0.1) is 20.9 Å². The molecule has 1 aromatic carbocycles. The summed E-state index contributed by atoms with van der Waals surface area (Å²) in [6, 6.07) is 5.74. The summed E-state index contributed by atoms with van der Waals surface area (Å²) >= 11 is 1.62. The maximum absolute atomic E-state index is 12.6. The second-order valence-corrected chi connectivity index (χ2v) is 7.39. The molecular formula is C18H22N4OS. The molecule has 2 heterocycles. The van der Waals surface area contributed by atoms with Crippen molar-refractivity contribution in [1.29, 1.82) is 0 Å². The molecular weight excluding hydrogens is 320 g/mol. The molecule has 0 spiro atoms. The Morgan fingerprint density at radius 3 is 2.79 bits per heavy atom. The molecule has 0 saturated carbocycles. The van der Waals surface area contributed by atoms with E-state index in [9.17, 15) is 4.79 Å². The lowest BCUT2D eigenvalue weighted by molar-refractivity contribution is 0.0794. The molecule has 126 valence electrons. The first-order valence-corrected chi connectivity index (χ1v) is 8.90. The summed E-state index contributed by atoms with van der Waals surface area (Å²) in [5.74, 6) is 0.0589. The van der Waals surface area contributed by atoms with Gasteiger partial charge in [-0.15, -0.1) is 11.3 Å². The standard InChI is InChI=1S/C18H22N4OS/c1-11-15(12(2)21-20-11)6-5-9-22(4)18(23)14-7-8-16-17(10-14)24-13(3)19-16/h7-8,10H,5-6,9H2,1-4H3,(H,20,21). The van der Waals surface area contributed by atoms with Crippen LogP contribution >= 0.6 is 11.3 Å². The molecule has 0 aliphatic rings. The van der Waals surface area contributed by atoms with E-state index < -0.39 is 0 Å². The van der Waals surface area contributed by atoms with E-state index >= 15 is 0 Å². The summed E-state index contributed by atoms with van der Waals surface area (Å²) < 4.78 is 1.07. The summed E-state index contributed by atoms with van der Waals surface area (Å²) in [6.07, 6.45) is 1.85. The maximum Gasteiger partial charge on any atom is 0.253 e. The minimum absolute atomic E-state index is 0.0589. The van der Waals surface area contributed by atoms with E-state index in [1.807, 2.05) is 46.0 Å². The lowest BCUT2D eigenvalue weighted by Crippen LogP contribution is -2.28. The van der Waals surface area contributed by atoms with Crippen LogP contribution in [0.4, 0.5) is 0 Å². The molecule has 5 nitrogen and oxygen atoms in total. The number of amides is 1. The number of fused-ring (bicyclic) bond motifs is 1. The number of aromatic amines is 1. The third kappa shape index (κ3) is 3.33. The molecule has 0 bridgehead atoms. The zero-order chi connectivity index (χ0) is 17.3. The number of benzene rings is 1. The first kappa shape index (κ1) is 16.6. The molecule has 0 atom stereocenters. The number of aryl methyl sites for hydroxylation is 3. The largest absolute Gasteiger partial charge is 0.342 e. The van der Waals surface area contributed by atoms with Gasteiger partial charge in [-0.1, -0.05) is 0 Å². The van der Waals surface area contributed by atoms with Gasteiger partial charge in [0.2, 0.25) is 0 Å². The van der Waals surface area contributed by atoms with Gasteiger partial charge in [-0.05, 0) is 57.4 Å². The van der Waals surface area contributed by atoms with Gasteiger partial charge in [-0.3, -0.25) is 9.89 Å². The predicted molar refractivity (Wildman–Crippen MR) is 97.7 cm³/mol. The van der Waals surface area contributed by atoms with Crippen LogP contribution in [-0.4, -0.2) is 39.6 Å². The van der Waals surface area contributed by atoms with Crippen molar-refractivity contribution in [1.82, 2.24) is 20.1 Å². The number of H-pyrrole nitrogens is 1. The van der Waals surface area contributed by atoms with Gasteiger partial charge in [0, 0.05) is 24.8 Å². The first-order valence-electron chi connectivity index (χ1n) is 8.09. The molecule has 3 aromatic rings. The Balaban J connectivity index is 1.63. The topological polar surface area (TPSA) is 61.9 Å². The van der Waals surface area contributed by atoms with Gasteiger partial charge in [-0.2, -0.15) is 5.10 Å². The average Bonchev–Trinajstić information content (AvgIpc) is 3.08. The fourth-order valence-electron chi connectivity index (χ4n) is 2.93. The van der Waals surface area contributed by atoms with Crippen LogP contribution in [0, 0.1) is 20.8 Å². The lowest BCUT2D eigenvalue weighted by atomic mass is 10.1. The fraction of sp³-hybridized carbons (Fsp3) is 0.389. The molecule has 2 aromatic heterocycles. The van der Waals surface area contributed by atoms with E-state index in [0.29, 0.717) is 0 Å². The van der Waals surface area contributed by atoms with Crippen LogP contribution in [0.15, 0.2) is 18.2 Å². The number of thiazole rings is 1. The smallest absolute Gasteiger partial charge is 0.253 e. The second-order valence-electron chi connectivity index (χ2n) is 6.16. The van der Waals surface area contributed by atoms with Gasteiger partial charge in [0.25, 0.3) is 5.91 Å². The highest BCUT2D eigenvalue weighted by atomic mass is 32.1. The van der Waals surface area contributed by atoms with Crippen molar-refractivity contribution in [3.8, 4) is 0 Å². The van der Waals surface area contributed by atoms with Gasteiger partial charge in [0.15, 0.2) is 0 Å². The van der Waals surface area contributed by atoms with E-state index in [4.69, 9.17) is 0 Å². The molecule has 0 aliphatic carbocycles. The monoisotopic (exact) mass is 342 g/mol. The Morgan fingerprint density at radius 1 is 1.29 bits per heavy atom. The third-order valence-electron chi connectivity index (χ3n) is 4.29. The SMILES string of the molecule is Cc1nc2ccc(C(=O)N(C)CCCc3c(C)n[nH]c3C)cc2s1. The Bertz CT molecular complexity index is 861. The van der Waals surface area contributed by atoms with E-state index in [0.717, 1.165) is 51.6 Å². The number of nitrogens with one attached hydrogen (secondary N) is 1. The van der Waals surface area contributed by atoms with E-state index in [1.54, 1.807) is 16.2 Å². The van der Waals surface area contributed by atoms with Crippen molar-refractivity contribution in [3.63, 3.8) is 0 Å². The fourth-order valence-corrected chi connectivity index (χ4v) is 3.80. The summed E-state index contributed by atoms with van der Waals surface area (Å²) in [4.78, 5) is 18.8. The summed E-state index contributed by atoms with van der Waals surface area (Å²) in [6.45, 7) is 6.76. The van der Waals surface area contributed by atoms with Crippen molar-refractivity contribution in [2.75, 3.05) is 13.6 Å². The molecule has 24 heavy (non-hydrogen) atoms. The second kappa shape index (κ2) is 6.73. The maximum atomic E-state index is 12.6. The number of hydrogen-bond acceptors (Lipinski definition) is 4. The van der Waals surface area contributed by atoms with Crippen LogP contribution in [0.2, 0.25) is 0 Å². The van der Waals surface area contributed by atoms with Crippen molar-refractivity contribution in [3.05, 3.63) is 45.7 Å². The minimum Gasteiger partial charge on any atom is -0.342 e. The molecule has 0 aliphatic heterocycles. The molecule has 0 unspecified atom stereocenters. The molecule has 1 amide bonds. The number of aromatic nitrogens is 3. The quantitative estimate of drug-likeness (QED) is 0.770. The van der Waals surface area contributed by atoms with Gasteiger partial charge >= 0.3 is 0 Å². The van der Waals surface area contributed by atoms with Crippen LogP contribution in [0.5, 0.6) is 0 Å². The minimum atomic E-state index is 0.0589. The summed E-state index contributed by atoms with van der Waals surface area (Å²) in [5.41, 5.74) is 5.12. The Morgan fingerprint density at radius 2 is 2.08 bits per heavy atom. The lowest BCUT2D eigenvalue weighted by Gasteiger charge is -2.17. The molecule has 1 N–H and O–H groups in total. The van der Waals surface area contributed by atoms with Crippen LogP contribution < -0.4 is 0 Å². The van der Waals surface area contributed by atoms with Crippen molar-refractivity contribution in [2.24, 2.45) is 0 Å². The summed E-state index contributed by atoms with van der Waals surface area (Å²) in [7, 11) is 1.86. The highest BCUT2D eigenvalue weighted by molar-refractivity contribution is 7.18. The number of nitrogens with zero attached hydrogens (tertiary/aromatic N) is 3. The van der Waals surface area contributed by atoms with Gasteiger partial charge in [0.1, 0.15) is 0 Å². The average molecular weight is 342 g/mol. The number of rotatable bonds is 5. The summed E-state index contributed by atoms with van der Waals surface area (Å²) in [5, 5.41) is 8.25. The third-order valence-corrected chi connectivity index (χ3v) is 5.22. The predicted octanol–water partition coefficient (Wildman–Crippen LogP) is 3.65. The zero-order valence-electron chi connectivity index (χ0n) is 14.5. The molecule has 0 fully saturated rings. The highest BCUT2D eigenvalue weighted by Crippen LogP contribution is 2.23. The van der Waals surface area contributed by atoms with Crippen LogP contribution in [0.1, 0.15) is 38.7 Å². The Labute approximate surface area is 145 Å². The number of hydrogen-bond donors (Lipinski definition) is 1. The van der Waals surface area contributed by atoms with Crippen LogP contribution in [0.3, 0.4) is 0 Å². The number of carbonyl (C=O) groups is 1.